The number of halogens is 4. The zero-order valence-electron chi connectivity index (χ0n) is 23.2. The van der Waals surface area contributed by atoms with E-state index in [0.29, 0.717) is 0 Å². The zero-order valence-corrected chi connectivity index (χ0v) is 26.2. The Labute approximate surface area is 265 Å². The molecule has 3 fully saturated rings. The molecular weight excluding hydrogens is 610 g/mol. The zero-order chi connectivity index (χ0) is 29.4. The highest BCUT2D eigenvalue weighted by atomic mass is 35.5. The third-order valence-corrected chi connectivity index (χ3v) is 14.0. The summed E-state index contributed by atoms with van der Waals surface area (Å²) < 4.78 is 12.3. The Kier molecular flexibility index (Phi) is 5.57. The van der Waals surface area contributed by atoms with Gasteiger partial charge in [-0.05, 0) is 58.4 Å². The SMILES string of the molecule is COC1(OC)C2(Cl)C(Cl)=C(Cl)C1(Cl)C1C3C(C12)C1(C)C(=O)C3(c2ccccc2)C(c2ccccc2)=C1c1ccccc1. The molecule has 42 heavy (non-hydrogen) atoms. The summed E-state index contributed by atoms with van der Waals surface area (Å²) in [7, 11) is 3.07. The maximum atomic E-state index is 15.5. The molecule has 3 saturated carbocycles. The first-order valence-electron chi connectivity index (χ1n) is 14.2. The number of methoxy groups -OCH3 is 2. The quantitative estimate of drug-likeness (QED) is 0.209. The van der Waals surface area contributed by atoms with Gasteiger partial charge in [0.1, 0.15) is 9.75 Å². The number of alkyl halides is 2. The van der Waals surface area contributed by atoms with Gasteiger partial charge in [-0.2, -0.15) is 0 Å². The minimum absolute atomic E-state index is 0.163. The summed E-state index contributed by atoms with van der Waals surface area (Å²) in [4.78, 5) is 12.7. The van der Waals surface area contributed by atoms with E-state index in [1.165, 1.54) is 14.2 Å². The molecule has 0 N–H and O–H groups in total. The predicted octanol–water partition coefficient (Wildman–Crippen LogP) is 8.28. The van der Waals surface area contributed by atoms with Gasteiger partial charge in [0.15, 0.2) is 5.78 Å². The van der Waals surface area contributed by atoms with Crippen molar-refractivity contribution < 1.29 is 14.3 Å². The Hall–Kier alpha value is -2.11. The molecule has 5 aliphatic carbocycles. The lowest BCUT2D eigenvalue weighted by molar-refractivity contribution is -0.219. The van der Waals surface area contributed by atoms with E-state index in [2.05, 4.69) is 43.3 Å². The fourth-order valence-corrected chi connectivity index (χ4v) is 12.5. The summed E-state index contributed by atoms with van der Waals surface area (Å²) in [6.07, 6.45) is 0. The molecule has 4 bridgehead atoms. The van der Waals surface area contributed by atoms with Gasteiger partial charge >= 0.3 is 0 Å². The first kappa shape index (κ1) is 27.4. The van der Waals surface area contributed by atoms with Crippen LogP contribution >= 0.6 is 46.4 Å². The van der Waals surface area contributed by atoms with Gasteiger partial charge in [-0.15, -0.1) is 23.2 Å². The maximum absolute atomic E-state index is 15.5. The van der Waals surface area contributed by atoms with E-state index in [9.17, 15) is 0 Å². The van der Waals surface area contributed by atoms with Crippen molar-refractivity contribution in [3.63, 3.8) is 0 Å². The molecule has 214 valence electrons. The summed E-state index contributed by atoms with van der Waals surface area (Å²) in [6.45, 7) is 2.10. The molecule has 3 nitrogen and oxygen atoms in total. The van der Waals surface area contributed by atoms with E-state index >= 15 is 4.79 Å². The first-order chi connectivity index (χ1) is 20.1. The summed E-state index contributed by atoms with van der Waals surface area (Å²) in [5.74, 6) is -2.46. The van der Waals surface area contributed by atoms with Gasteiger partial charge in [-0.3, -0.25) is 4.79 Å². The number of ether oxygens (including phenoxy) is 2. The average molecular weight is 638 g/mol. The summed E-state index contributed by atoms with van der Waals surface area (Å²) in [6, 6.07) is 30.6. The van der Waals surface area contributed by atoms with Gasteiger partial charge in [-0.25, -0.2) is 0 Å². The molecular formula is C35H28Cl4O3. The molecule has 0 aromatic heterocycles. The Bertz CT molecular complexity index is 1720. The Balaban J connectivity index is 1.51. The number of carbonyl (C=O) groups excluding carboxylic acids is 1. The molecule has 7 heteroatoms. The van der Waals surface area contributed by atoms with Crippen LogP contribution in [0.1, 0.15) is 23.6 Å². The lowest BCUT2D eigenvalue weighted by Crippen LogP contribution is -2.63. The van der Waals surface area contributed by atoms with Crippen LogP contribution in [0.4, 0.5) is 0 Å². The molecule has 0 heterocycles. The van der Waals surface area contributed by atoms with Crippen molar-refractivity contribution in [2.45, 2.75) is 27.9 Å². The number of hydrogen-bond donors (Lipinski definition) is 0. The molecule has 0 radical (unpaired) electrons. The smallest absolute Gasteiger partial charge is 0.217 e. The molecule has 8 unspecified atom stereocenters. The molecule has 5 aliphatic rings. The van der Waals surface area contributed by atoms with Crippen molar-refractivity contribution in [3.05, 3.63) is 118 Å². The van der Waals surface area contributed by atoms with Crippen molar-refractivity contribution in [3.8, 4) is 0 Å². The fourth-order valence-electron chi connectivity index (χ4n) is 10.2. The summed E-state index contributed by atoms with van der Waals surface area (Å²) in [5, 5.41) is 0.478. The fraction of sp³-hybridized carbons (Fsp3) is 0.343. The molecule has 0 spiro atoms. The van der Waals surface area contributed by atoms with E-state index in [1.54, 1.807) is 0 Å². The lowest BCUT2D eigenvalue weighted by Gasteiger charge is -2.62. The molecule has 3 aromatic carbocycles. The Morgan fingerprint density at radius 3 is 1.52 bits per heavy atom. The van der Waals surface area contributed by atoms with E-state index in [1.807, 2.05) is 54.6 Å². The summed E-state index contributed by atoms with van der Waals surface area (Å²) >= 11 is 29.4. The van der Waals surface area contributed by atoms with Crippen LogP contribution in [0.3, 0.4) is 0 Å². The molecule has 0 saturated heterocycles. The average Bonchev–Trinajstić information content (AvgIpc) is 3.42. The normalized spacial score (nSPS) is 40.4. The third kappa shape index (κ3) is 2.49. The van der Waals surface area contributed by atoms with Crippen LogP contribution in [0.5, 0.6) is 0 Å². The molecule has 0 aliphatic heterocycles. The van der Waals surface area contributed by atoms with Crippen molar-refractivity contribution >= 4 is 63.3 Å². The largest absolute Gasteiger partial charge is 0.350 e. The highest BCUT2D eigenvalue weighted by molar-refractivity contribution is 6.52. The second-order valence-electron chi connectivity index (χ2n) is 12.4. The van der Waals surface area contributed by atoms with E-state index in [-0.39, 0.29) is 39.5 Å². The van der Waals surface area contributed by atoms with Crippen LogP contribution in [-0.4, -0.2) is 35.5 Å². The predicted molar refractivity (Wildman–Crippen MR) is 168 cm³/mol. The van der Waals surface area contributed by atoms with Crippen LogP contribution in [-0.2, 0) is 19.7 Å². The topological polar surface area (TPSA) is 35.5 Å². The van der Waals surface area contributed by atoms with Crippen molar-refractivity contribution in [2.75, 3.05) is 14.2 Å². The van der Waals surface area contributed by atoms with Gasteiger partial charge in [0.25, 0.3) is 0 Å². The van der Waals surface area contributed by atoms with Crippen LogP contribution in [0.15, 0.2) is 101 Å². The van der Waals surface area contributed by atoms with Crippen LogP contribution in [0.25, 0.3) is 11.1 Å². The van der Waals surface area contributed by atoms with Crippen LogP contribution in [0.2, 0.25) is 0 Å². The molecule has 0 amide bonds. The molecule has 8 atom stereocenters. The number of Topliss-reactive ketones (excluding diaryl/α,β-unsaturated/α-hetero) is 1. The molecule has 8 rings (SSSR count). The Morgan fingerprint density at radius 1 is 0.619 bits per heavy atom. The van der Waals surface area contributed by atoms with Gasteiger partial charge in [0.05, 0.1) is 20.9 Å². The highest BCUT2D eigenvalue weighted by Crippen LogP contribution is 2.90. The number of benzene rings is 3. The number of allylic oxidation sites excluding steroid dienone is 2. The third-order valence-electron chi connectivity index (χ3n) is 11.3. The number of hydrogen-bond acceptors (Lipinski definition) is 3. The van der Waals surface area contributed by atoms with Gasteiger partial charge in [-0.1, -0.05) is 114 Å². The number of rotatable bonds is 5. The van der Waals surface area contributed by atoms with Crippen molar-refractivity contribution in [1.82, 2.24) is 0 Å². The number of fused-ring (bicyclic) bond motifs is 12. The van der Waals surface area contributed by atoms with E-state index in [4.69, 9.17) is 55.9 Å². The lowest BCUT2D eigenvalue weighted by atomic mass is 9.41. The first-order valence-corrected chi connectivity index (χ1v) is 15.7. The standard InChI is InChI=1S/C35H28Cl4O3/c1-31-22(19-13-7-4-8-14-19)23(20-15-9-5-10-16-20)32(30(31)40,21-17-11-6-12-18-21)25-24(31)26-27(25)34(39)29(37)28(36)33(26,38)35(34,41-2)42-3/h4-18,24-27H,1-3H3. The van der Waals surface area contributed by atoms with Crippen molar-refractivity contribution in [1.29, 1.82) is 0 Å². The van der Waals surface area contributed by atoms with Crippen molar-refractivity contribution in [2.24, 2.45) is 29.1 Å². The van der Waals surface area contributed by atoms with E-state index < -0.39 is 26.4 Å². The molecule has 3 aromatic rings. The minimum atomic E-state index is -1.52. The maximum Gasteiger partial charge on any atom is 0.217 e. The Morgan fingerprint density at radius 2 is 1.05 bits per heavy atom. The highest BCUT2D eigenvalue weighted by Gasteiger charge is 2.96. The second kappa shape index (κ2) is 8.53. The van der Waals surface area contributed by atoms with Gasteiger partial charge in [0, 0.05) is 14.2 Å². The van der Waals surface area contributed by atoms with Gasteiger partial charge < -0.3 is 9.47 Å². The monoisotopic (exact) mass is 636 g/mol. The number of ketones is 1. The van der Waals surface area contributed by atoms with Crippen LogP contribution in [0, 0.1) is 29.1 Å². The van der Waals surface area contributed by atoms with E-state index in [0.717, 1.165) is 27.8 Å². The minimum Gasteiger partial charge on any atom is -0.350 e. The van der Waals surface area contributed by atoms with Gasteiger partial charge in [0.2, 0.25) is 5.79 Å². The summed E-state index contributed by atoms with van der Waals surface area (Å²) in [5.41, 5.74) is 3.11. The van der Waals surface area contributed by atoms with Crippen LogP contribution < -0.4 is 0 Å². The number of carbonyl (C=O) groups is 1. The second-order valence-corrected chi connectivity index (χ2v) is 14.3.